The van der Waals surface area contributed by atoms with Crippen molar-refractivity contribution < 1.29 is 17.9 Å². The highest BCUT2D eigenvalue weighted by atomic mass is 32.2. The molecule has 6 nitrogen and oxygen atoms in total. The Hall–Kier alpha value is -2.25. The summed E-state index contributed by atoms with van der Waals surface area (Å²) in [5.74, 6) is -0.250. The molecule has 1 fully saturated rings. The van der Waals surface area contributed by atoms with E-state index in [1.165, 1.54) is 6.26 Å². The number of hydrogen-bond acceptors (Lipinski definition) is 5. The highest BCUT2D eigenvalue weighted by Crippen LogP contribution is 2.31. The van der Waals surface area contributed by atoms with Gasteiger partial charge in [0.05, 0.1) is 17.0 Å². The fourth-order valence-electron chi connectivity index (χ4n) is 3.19. The Morgan fingerprint density at radius 3 is 2.58 bits per heavy atom. The van der Waals surface area contributed by atoms with Crippen LogP contribution in [0.2, 0.25) is 0 Å². The third-order valence-corrected chi connectivity index (χ3v) is 5.83. The van der Waals surface area contributed by atoms with Gasteiger partial charge < -0.3 is 10.1 Å². The molecule has 3 rings (SSSR count). The minimum atomic E-state index is -3.27. The minimum Gasteiger partial charge on any atom is -0.379 e. The summed E-state index contributed by atoms with van der Waals surface area (Å²) in [6, 6.07) is 10.3. The maximum atomic E-state index is 12.9. The smallest absolute Gasteiger partial charge is 0.270 e. The first kappa shape index (κ1) is 18.5. The number of carbonyl (C=O) groups is 1. The minimum absolute atomic E-state index is 0.250. The van der Waals surface area contributed by atoms with Gasteiger partial charge in [0.25, 0.3) is 5.91 Å². The summed E-state index contributed by atoms with van der Waals surface area (Å²) < 4.78 is 28.9. The average molecular weight is 374 g/mol. The quantitative estimate of drug-likeness (QED) is 0.866. The largest absolute Gasteiger partial charge is 0.379 e. The number of benzene rings is 1. The van der Waals surface area contributed by atoms with Crippen LogP contribution in [0.3, 0.4) is 0 Å². The summed E-state index contributed by atoms with van der Waals surface area (Å²) in [6.07, 6.45) is 4.10. The molecule has 2 aromatic rings. The first-order valence-electron chi connectivity index (χ1n) is 8.50. The maximum Gasteiger partial charge on any atom is 0.270 e. The maximum absolute atomic E-state index is 12.9. The molecule has 1 unspecified atom stereocenters. The number of aryl methyl sites for hydroxylation is 1. The molecule has 0 saturated carbocycles. The molecule has 1 aromatic heterocycles. The molecule has 1 saturated heterocycles. The Balaban J connectivity index is 1.92. The number of amides is 1. The number of rotatable bonds is 5. The van der Waals surface area contributed by atoms with Crippen molar-refractivity contribution >= 4 is 15.7 Å². The van der Waals surface area contributed by atoms with Gasteiger partial charge in [0.2, 0.25) is 0 Å². The van der Waals surface area contributed by atoms with Gasteiger partial charge in [-0.25, -0.2) is 8.42 Å². The molecular formula is C19H22N2O4S. The van der Waals surface area contributed by atoms with E-state index in [4.69, 9.17) is 4.74 Å². The van der Waals surface area contributed by atoms with Gasteiger partial charge in [0, 0.05) is 25.5 Å². The van der Waals surface area contributed by atoms with Gasteiger partial charge in [-0.05, 0) is 35.7 Å². The van der Waals surface area contributed by atoms with Crippen molar-refractivity contribution in [3.05, 3.63) is 59.4 Å². The molecule has 7 heteroatoms. The zero-order valence-corrected chi connectivity index (χ0v) is 15.7. The molecular weight excluding hydrogens is 352 g/mol. The third kappa shape index (κ3) is 3.64. The van der Waals surface area contributed by atoms with Crippen LogP contribution in [0.4, 0.5) is 0 Å². The summed E-state index contributed by atoms with van der Waals surface area (Å²) >= 11 is 0. The molecule has 0 radical (unpaired) electrons. The lowest BCUT2D eigenvalue weighted by Gasteiger charge is -2.29. The second kappa shape index (κ2) is 7.17. The number of sulfone groups is 1. The van der Waals surface area contributed by atoms with Crippen molar-refractivity contribution in [1.82, 2.24) is 10.3 Å². The first-order valence-corrected chi connectivity index (χ1v) is 10.4. The van der Waals surface area contributed by atoms with Crippen LogP contribution < -0.4 is 5.32 Å². The van der Waals surface area contributed by atoms with Crippen LogP contribution in [0.1, 0.15) is 35.0 Å². The first-order chi connectivity index (χ1) is 12.4. The van der Waals surface area contributed by atoms with Crippen LogP contribution in [0.15, 0.2) is 47.5 Å². The van der Waals surface area contributed by atoms with Crippen LogP contribution in [0, 0.1) is 0 Å². The van der Waals surface area contributed by atoms with E-state index in [0.29, 0.717) is 31.7 Å². The Morgan fingerprint density at radius 1 is 1.27 bits per heavy atom. The highest BCUT2D eigenvalue weighted by Gasteiger charge is 2.39. The molecule has 0 aliphatic carbocycles. The van der Waals surface area contributed by atoms with Gasteiger partial charge in [-0.15, -0.1) is 0 Å². The number of hydrogen-bond donors (Lipinski definition) is 1. The topological polar surface area (TPSA) is 85.4 Å². The Labute approximate surface area is 153 Å². The second-order valence-electron chi connectivity index (χ2n) is 6.50. The van der Waals surface area contributed by atoms with E-state index in [9.17, 15) is 13.2 Å². The summed E-state index contributed by atoms with van der Waals surface area (Å²) in [5.41, 5.74) is 1.43. The molecule has 2 heterocycles. The third-order valence-electron chi connectivity index (χ3n) is 4.70. The molecule has 0 bridgehead atoms. The number of ether oxygens (including phenoxy) is 1. The van der Waals surface area contributed by atoms with Crippen LogP contribution in [0.5, 0.6) is 0 Å². The predicted octanol–water partition coefficient (Wildman–Crippen LogP) is 2.09. The van der Waals surface area contributed by atoms with E-state index >= 15 is 0 Å². The van der Waals surface area contributed by atoms with Gasteiger partial charge in [0.15, 0.2) is 9.84 Å². The van der Waals surface area contributed by atoms with E-state index in [-0.39, 0.29) is 10.8 Å². The molecule has 1 aromatic carbocycles. The highest BCUT2D eigenvalue weighted by molar-refractivity contribution is 7.90. The monoisotopic (exact) mass is 374 g/mol. The van der Waals surface area contributed by atoms with E-state index < -0.39 is 15.4 Å². The summed E-state index contributed by atoms with van der Waals surface area (Å²) in [7, 11) is -3.27. The number of nitrogens with one attached hydrogen (secondary N) is 1. The average Bonchev–Trinajstić information content (AvgIpc) is 3.10. The predicted molar refractivity (Wildman–Crippen MR) is 97.7 cm³/mol. The van der Waals surface area contributed by atoms with Crippen molar-refractivity contribution in [2.24, 2.45) is 0 Å². The fraction of sp³-hybridized carbons (Fsp3) is 0.368. The Kier molecular flexibility index (Phi) is 5.11. The summed E-state index contributed by atoms with van der Waals surface area (Å²) in [6.45, 7) is 2.84. The zero-order valence-electron chi connectivity index (χ0n) is 14.9. The lowest BCUT2D eigenvalue weighted by molar-refractivity contribution is 0.0869. The van der Waals surface area contributed by atoms with Crippen molar-refractivity contribution in [2.45, 2.75) is 30.2 Å². The Morgan fingerprint density at radius 2 is 2.00 bits per heavy atom. The molecule has 1 aliphatic heterocycles. The molecule has 26 heavy (non-hydrogen) atoms. The van der Waals surface area contributed by atoms with Crippen LogP contribution in [0.25, 0.3) is 0 Å². The lowest BCUT2D eigenvalue weighted by Crippen LogP contribution is -2.47. The Bertz CT molecular complexity index is 901. The SMILES string of the molecule is CCc1cccnc1C(=O)NC1(c2ccc(S(C)(=O)=O)cc2)CCOC1. The van der Waals surface area contributed by atoms with Gasteiger partial charge in [0.1, 0.15) is 5.69 Å². The molecule has 1 aliphatic rings. The van der Waals surface area contributed by atoms with E-state index in [2.05, 4.69) is 10.3 Å². The summed E-state index contributed by atoms with van der Waals surface area (Å²) in [5, 5.41) is 3.08. The van der Waals surface area contributed by atoms with Crippen LogP contribution >= 0.6 is 0 Å². The number of nitrogens with zero attached hydrogens (tertiary/aromatic N) is 1. The fourth-order valence-corrected chi connectivity index (χ4v) is 3.82. The normalized spacial score (nSPS) is 20.1. The molecule has 0 spiro atoms. The van der Waals surface area contributed by atoms with Crippen LogP contribution in [-0.2, 0) is 26.5 Å². The molecule has 138 valence electrons. The van der Waals surface area contributed by atoms with Crippen molar-refractivity contribution in [3.63, 3.8) is 0 Å². The van der Waals surface area contributed by atoms with Crippen LogP contribution in [-0.4, -0.2) is 38.8 Å². The van der Waals surface area contributed by atoms with E-state index in [1.807, 2.05) is 19.1 Å². The number of carbonyl (C=O) groups excluding carboxylic acids is 1. The van der Waals surface area contributed by atoms with Gasteiger partial charge >= 0.3 is 0 Å². The van der Waals surface area contributed by atoms with Crippen molar-refractivity contribution in [1.29, 1.82) is 0 Å². The molecule has 1 atom stereocenters. The lowest BCUT2D eigenvalue weighted by atomic mass is 9.88. The van der Waals surface area contributed by atoms with E-state index in [1.54, 1.807) is 30.5 Å². The number of pyridine rings is 1. The van der Waals surface area contributed by atoms with Crippen molar-refractivity contribution in [2.75, 3.05) is 19.5 Å². The van der Waals surface area contributed by atoms with E-state index in [0.717, 1.165) is 11.1 Å². The summed E-state index contributed by atoms with van der Waals surface area (Å²) in [4.78, 5) is 17.3. The standard InChI is InChI=1S/C19H22N2O4S/c1-3-14-5-4-11-20-17(14)18(22)21-19(10-12-25-13-19)15-6-8-16(9-7-15)26(2,23)24/h4-9,11H,3,10,12-13H2,1-2H3,(H,21,22). The zero-order chi connectivity index (χ0) is 18.8. The van der Waals surface area contributed by atoms with Crippen molar-refractivity contribution in [3.8, 4) is 0 Å². The van der Waals surface area contributed by atoms with Gasteiger partial charge in [-0.1, -0.05) is 25.1 Å². The van der Waals surface area contributed by atoms with Gasteiger partial charge in [-0.2, -0.15) is 0 Å². The number of aromatic nitrogens is 1. The molecule has 1 amide bonds. The second-order valence-corrected chi connectivity index (χ2v) is 8.52. The van der Waals surface area contributed by atoms with Gasteiger partial charge in [-0.3, -0.25) is 9.78 Å². The molecule has 1 N–H and O–H groups in total.